The number of hydrogen-bond donors (Lipinski definition) is 1. The maximum Gasteiger partial charge on any atom is 0.223 e. The first kappa shape index (κ1) is 18.6. The van der Waals surface area contributed by atoms with Crippen LogP contribution in [-0.2, 0) is 24.3 Å². The van der Waals surface area contributed by atoms with Crippen LogP contribution in [0, 0.1) is 11.3 Å². The molecule has 0 aromatic carbocycles. The third kappa shape index (κ3) is 3.69. The summed E-state index contributed by atoms with van der Waals surface area (Å²) in [5.74, 6) is 0.487. The minimum Gasteiger partial charge on any atom is -0.359 e. The highest BCUT2D eigenvalue weighted by Crippen LogP contribution is 2.31. The summed E-state index contributed by atoms with van der Waals surface area (Å²) in [6.07, 6.45) is 1.00. The van der Waals surface area contributed by atoms with Gasteiger partial charge in [0.2, 0.25) is 5.91 Å². The lowest BCUT2D eigenvalue weighted by Crippen LogP contribution is -2.38. The van der Waals surface area contributed by atoms with E-state index < -0.39 is 0 Å². The van der Waals surface area contributed by atoms with Gasteiger partial charge in [-0.2, -0.15) is 0 Å². The molecule has 6 nitrogen and oxygen atoms in total. The van der Waals surface area contributed by atoms with Gasteiger partial charge in [-0.05, 0) is 12.5 Å². The molecule has 2 heterocycles. The summed E-state index contributed by atoms with van der Waals surface area (Å²) in [7, 11) is 3.67. The molecule has 1 atom stereocenters. The van der Waals surface area contributed by atoms with E-state index in [0.717, 1.165) is 37.6 Å². The minimum absolute atomic E-state index is 0.0303. The normalized spacial score (nSPS) is 16.6. The molecule has 1 aliphatic heterocycles. The van der Waals surface area contributed by atoms with Crippen molar-refractivity contribution < 1.29 is 9.59 Å². The molecule has 0 aliphatic carbocycles. The second-order valence-electron chi connectivity index (χ2n) is 7.73. The summed E-state index contributed by atoms with van der Waals surface area (Å²) >= 11 is 0. The van der Waals surface area contributed by atoms with E-state index in [-0.39, 0.29) is 29.4 Å². The fourth-order valence-corrected chi connectivity index (χ4v) is 3.31. The number of amides is 1. The lowest BCUT2D eigenvalue weighted by Gasteiger charge is -2.29. The SMILES string of the molecule is CCc1nc(C(=O)C[C@H](C(=O)NC)C(C)(C)C)c2n1CCN(C)C2. The van der Waals surface area contributed by atoms with Gasteiger partial charge in [0.25, 0.3) is 0 Å². The van der Waals surface area contributed by atoms with Crippen LogP contribution in [0.5, 0.6) is 0 Å². The van der Waals surface area contributed by atoms with E-state index >= 15 is 0 Å². The summed E-state index contributed by atoms with van der Waals surface area (Å²) in [5.41, 5.74) is 1.27. The first-order chi connectivity index (χ1) is 11.2. The van der Waals surface area contributed by atoms with E-state index in [9.17, 15) is 9.59 Å². The Balaban J connectivity index is 2.32. The molecule has 1 aliphatic rings. The molecule has 0 saturated heterocycles. The maximum atomic E-state index is 13.0. The number of carbonyl (C=O) groups is 2. The zero-order valence-corrected chi connectivity index (χ0v) is 15.8. The van der Waals surface area contributed by atoms with Crippen molar-refractivity contribution >= 4 is 11.7 Å². The van der Waals surface area contributed by atoms with Crippen LogP contribution >= 0.6 is 0 Å². The quantitative estimate of drug-likeness (QED) is 0.835. The molecule has 0 fully saturated rings. The Morgan fingerprint density at radius 3 is 2.50 bits per heavy atom. The van der Waals surface area contributed by atoms with E-state index in [0.29, 0.717) is 5.69 Å². The van der Waals surface area contributed by atoms with Crippen molar-refractivity contribution in [3.63, 3.8) is 0 Å². The van der Waals surface area contributed by atoms with Gasteiger partial charge in [0, 0.05) is 39.5 Å². The molecule has 134 valence electrons. The number of Topliss-reactive ketones (excluding diaryl/α,β-unsaturated/α-hetero) is 1. The molecular weight excluding hydrogens is 304 g/mol. The van der Waals surface area contributed by atoms with Crippen LogP contribution in [0.4, 0.5) is 0 Å². The number of aromatic nitrogens is 2. The van der Waals surface area contributed by atoms with Crippen LogP contribution in [0.2, 0.25) is 0 Å². The second kappa shape index (κ2) is 7.05. The molecule has 1 N–H and O–H groups in total. The van der Waals surface area contributed by atoms with Crippen LogP contribution in [0.15, 0.2) is 0 Å². The number of fused-ring (bicyclic) bond motifs is 1. The van der Waals surface area contributed by atoms with Crippen LogP contribution in [0.25, 0.3) is 0 Å². The average Bonchev–Trinajstić information content (AvgIpc) is 2.88. The third-order valence-corrected chi connectivity index (χ3v) is 4.85. The van der Waals surface area contributed by atoms with E-state index in [2.05, 4.69) is 33.7 Å². The molecule has 24 heavy (non-hydrogen) atoms. The van der Waals surface area contributed by atoms with Gasteiger partial charge < -0.3 is 9.88 Å². The molecular formula is C18H30N4O2. The van der Waals surface area contributed by atoms with Gasteiger partial charge in [0.05, 0.1) is 11.6 Å². The fraction of sp³-hybridized carbons (Fsp3) is 0.722. The third-order valence-electron chi connectivity index (χ3n) is 4.85. The fourth-order valence-electron chi connectivity index (χ4n) is 3.31. The number of nitrogens with one attached hydrogen (secondary N) is 1. The first-order valence-corrected chi connectivity index (χ1v) is 8.70. The molecule has 1 amide bonds. The smallest absolute Gasteiger partial charge is 0.223 e. The van der Waals surface area contributed by atoms with Crippen molar-refractivity contribution in [2.45, 2.75) is 53.6 Å². The highest BCUT2D eigenvalue weighted by atomic mass is 16.2. The summed E-state index contributed by atoms with van der Waals surface area (Å²) < 4.78 is 2.18. The molecule has 1 aromatic heterocycles. The number of rotatable bonds is 5. The summed E-state index contributed by atoms with van der Waals surface area (Å²) in [6.45, 7) is 10.6. The first-order valence-electron chi connectivity index (χ1n) is 8.70. The molecule has 0 bridgehead atoms. The number of hydrogen-bond acceptors (Lipinski definition) is 4. The van der Waals surface area contributed by atoms with Crippen LogP contribution < -0.4 is 5.32 Å². The molecule has 0 saturated carbocycles. The van der Waals surface area contributed by atoms with Gasteiger partial charge in [0.15, 0.2) is 5.78 Å². The molecule has 0 spiro atoms. The predicted molar refractivity (Wildman–Crippen MR) is 93.9 cm³/mol. The lowest BCUT2D eigenvalue weighted by atomic mass is 9.77. The van der Waals surface area contributed by atoms with Gasteiger partial charge in [-0.25, -0.2) is 4.98 Å². The van der Waals surface area contributed by atoms with Gasteiger partial charge in [-0.15, -0.1) is 0 Å². The largest absolute Gasteiger partial charge is 0.359 e. The van der Waals surface area contributed by atoms with Crippen molar-refractivity contribution in [3.8, 4) is 0 Å². The second-order valence-corrected chi connectivity index (χ2v) is 7.73. The molecule has 1 aromatic rings. The molecule has 0 radical (unpaired) electrons. The number of imidazole rings is 1. The number of nitrogens with zero attached hydrogens (tertiary/aromatic N) is 3. The van der Waals surface area contributed by atoms with Crippen molar-refractivity contribution in [2.24, 2.45) is 11.3 Å². The number of ketones is 1. The zero-order valence-electron chi connectivity index (χ0n) is 15.8. The van der Waals surface area contributed by atoms with Crippen LogP contribution in [0.1, 0.15) is 56.1 Å². The lowest BCUT2D eigenvalue weighted by molar-refractivity contribution is -0.127. The Morgan fingerprint density at radius 2 is 1.96 bits per heavy atom. The van der Waals surface area contributed by atoms with E-state index in [4.69, 9.17) is 0 Å². The Bertz CT molecular complexity index is 628. The van der Waals surface area contributed by atoms with Crippen LogP contribution in [0.3, 0.4) is 0 Å². The number of carbonyl (C=O) groups excluding carboxylic acids is 2. The van der Waals surface area contributed by atoms with E-state index in [1.165, 1.54) is 0 Å². The number of aryl methyl sites for hydroxylation is 1. The van der Waals surface area contributed by atoms with Gasteiger partial charge in [-0.3, -0.25) is 14.5 Å². The number of likely N-dealkylation sites (N-methyl/N-ethyl adjacent to an activating group) is 1. The monoisotopic (exact) mass is 334 g/mol. The summed E-state index contributed by atoms with van der Waals surface area (Å²) in [4.78, 5) is 32.0. The van der Waals surface area contributed by atoms with Crippen molar-refractivity contribution in [3.05, 3.63) is 17.2 Å². The van der Waals surface area contributed by atoms with E-state index in [1.807, 2.05) is 20.8 Å². The van der Waals surface area contributed by atoms with Crippen molar-refractivity contribution in [2.75, 3.05) is 20.6 Å². The molecule has 2 rings (SSSR count). The predicted octanol–water partition coefficient (Wildman–Crippen LogP) is 1.87. The molecule has 6 heteroatoms. The van der Waals surface area contributed by atoms with E-state index in [1.54, 1.807) is 7.05 Å². The van der Waals surface area contributed by atoms with Gasteiger partial charge in [0.1, 0.15) is 11.5 Å². The minimum atomic E-state index is -0.362. The van der Waals surface area contributed by atoms with Gasteiger partial charge in [-0.1, -0.05) is 27.7 Å². The highest BCUT2D eigenvalue weighted by molar-refractivity contribution is 5.98. The summed E-state index contributed by atoms with van der Waals surface area (Å²) in [5, 5.41) is 2.69. The topological polar surface area (TPSA) is 67.2 Å². The average molecular weight is 334 g/mol. The Kier molecular flexibility index (Phi) is 5.48. The van der Waals surface area contributed by atoms with Gasteiger partial charge >= 0.3 is 0 Å². The maximum absolute atomic E-state index is 13.0. The Labute approximate surface area is 144 Å². The Morgan fingerprint density at radius 1 is 1.29 bits per heavy atom. The standard InChI is InChI=1S/C18H30N4O2/c1-7-15-20-16(13-11-21(6)8-9-22(13)15)14(23)10-12(17(24)19-5)18(2,3)4/h12H,7-11H2,1-6H3,(H,19,24)/t12-/m1/s1. The highest BCUT2D eigenvalue weighted by Gasteiger charge is 2.35. The van der Waals surface area contributed by atoms with Crippen molar-refractivity contribution in [1.29, 1.82) is 0 Å². The Hall–Kier alpha value is -1.69. The summed E-state index contributed by atoms with van der Waals surface area (Å²) in [6, 6.07) is 0. The molecule has 0 unspecified atom stereocenters. The zero-order chi connectivity index (χ0) is 18.1. The van der Waals surface area contributed by atoms with Crippen LogP contribution in [-0.4, -0.2) is 46.8 Å². The van der Waals surface area contributed by atoms with Crippen molar-refractivity contribution in [1.82, 2.24) is 19.8 Å².